The highest BCUT2D eigenvalue weighted by Crippen LogP contribution is 2.33. The fraction of sp³-hybridized carbons (Fsp3) is 0.368. The Morgan fingerprint density at radius 1 is 1.13 bits per heavy atom. The van der Waals surface area contributed by atoms with E-state index in [0.29, 0.717) is 5.92 Å². The molecule has 4 heteroatoms. The lowest BCUT2D eigenvalue weighted by Gasteiger charge is -2.30. The van der Waals surface area contributed by atoms with Crippen LogP contribution in [0.3, 0.4) is 0 Å². The van der Waals surface area contributed by atoms with Gasteiger partial charge in [-0.1, -0.05) is 26.0 Å². The molecule has 0 radical (unpaired) electrons. The SMILES string of the molecule is COc1ccc2c(c1)CCCN2S(=O)c1ccc(C(C)C)cc1. The zero-order valence-electron chi connectivity index (χ0n) is 13.9. The van der Waals surface area contributed by atoms with Gasteiger partial charge in [-0.15, -0.1) is 0 Å². The first kappa shape index (κ1) is 16.1. The molecule has 0 N–H and O–H groups in total. The molecule has 0 amide bonds. The van der Waals surface area contributed by atoms with Gasteiger partial charge in [-0.05, 0) is 60.2 Å². The predicted molar refractivity (Wildman–Crippen MR) is 95.6 cm³/mol. The molecule has 1 aliphatic rings. The van der Waals surface area contributed by atoms with Gasteiger partial charge in [0.1, 0.15) is 5.75 Å². The fourth-order valence-electron chi connectivity index (χ4n) is 2.93. The van der Waals surface area contributed by atoms with Crippen LogP contribution in [0.25, 0.3) is 0 Å². The number of methoxy groups -OCH3 is 1. The molecule has 1 unspecified atom stereocenters. The largest absolute Gasteiger partial charge is 0.497 e. The Morgan fingerprint density at radius 2 is 1.87 bits per heavy atom. The molecule has 1 heterocycles. The molecule has 0 saturated heterocycles. The van der Waals surface area contributed by atoms with Crippen molar-refractivity contribution in [1.29, 1.82) is 0 Å². The first-order valence-electron chi connectivity index (χ1n) is 8.06. The molecule has 1 atom stereocenters. The fourth-order valence-corrected chi connectivity index (χ4v) is 4.21. The second-order valence-electron chi connectivity index (χ2n) is 6.17. The number of hydrogen-bond acceptors (Lipinski definition) is 2. The Kier molecular flexibility index (Phi) is 4.71. The second kappa shape index (κ2) is 6.75. The van der Waals surface area contributed by atoms with Crippen molar-refractivity contribution >= 4 is 16.7 Å². The minimum absolute atomic E-state index is 0.487. The second-order valence-corrected chi connectivity index (χ2v) is 7.58. The summed E-state index contributed by atoms with van der Waals surface area (Å²) in [5, 5.41) is 0. The van der Waals surface area contributed by atoms with Gasteiger partial charge in [-0.25, -0.2) is 4.21 Å². The molecule has 0 spiro atoms. The molecule has 2 aromatic rings. The maximum absolute atomic E-state index is 13.0. The first-order valence-corrected chi connectivity index (χ1v) is 9.17. The highest BCUT2D eigenvalue weighted by molar-refractivity contribution is 7.86. The maximum atomic E-state index is 13.0. The zero-order valence-corrected chi connectivity index (χ0v) is 14.7. The minimum atomic E-state index is -1.17. The summed E-state index contributed by atoms with van der Waals surface area (Å²) in [5.41, 5.74) is 3.54. The van der Waals surface area contributed by atoms with Gasteiger partial charge >= 0.3 is 0 Å². The van der Waals surface area contributed by atoms with E-state index < -0.39 is 11.0 Å². The smallest absolute Gasteiger partial charge is 0.152 e. The van der Waals surface area contributed by atoms with Crippen molar-refractivity contribution in [2.75, 3.05) is 18.0 Å². The Morgan fingerprint density at radius 3 is 2.52 bits per heavy atom. The summed E-state index contributed by atoms with van der Waals surface area (Å²) in [5.74, 6) is 1.35. The third-order valence-corrected chi connectivity index (χ3v) is 5.77. The van der Waals surface area contributed by atoms with Crippen LogP contribution in [-0.2, 0) is 17.4 Å². The molecule has 3 rings (SSSR count). The lowest BCUT2D eigenvalue weighted by atomic mass is 10.0. The molecule has 0 aliphatic carbocycles. The summed E-state index contributed by atoms with van der Waals surface area (Å²) < 4.78 is 20.3. The molecule has 3 nitrogen and oxygen atoms in total. The number of nitrogens with zero attached hydrogens (tertiary/aromatic N) is 1. The Hall–Kier alpha value is -1.81. The van der Waals surface area contributed by atoms with E-state index in [0.717, 1.165) is 35.7 Å². The van der Waals surface area contributed by atoms with Gasteiger partial charge in [-0.3, -0.25) is 4.31 Å². The Bertz CT molecular complexity index is 710. The molecule has 1 aliphatic heterocycles. The van der Waals surface area contributed by atoms with Crippen molar-refractivity contribution in [3.8, 4) is 5.75 Å². The molecule has 0 bridgehead atoms. The van der Waals surface area contributed by atoms with E-state index in [9.17, 15) is 4.21 Å². The predicted octanol–water partition coefficient (Wildman–Crippen LogP) is 4.29. The lowest BCUT2D eigenvalue weighted by molar-refractivity contribution is 0.414. The third kappa shape index (κ3) is 3.27. The van der Waals surface area contributed by atoms with Gasteiger partial charge in [0.25, 0.3) is 0 Å². The van der Waals surface area contributed by atoms with Crippen LogP contribution in [0.5, 0.6) is 5.75 Å². The van der Waals surface area contributed by atoms with Crippen LogP contribution < -0.4 is 9.04 Å². The summed E-state index contributed by atoms with van der Waals surface area (Å²) >= 11 is 0. The maximum Gasteiger partial charge on any atom is 0.152 e. The van der Waals surface area contributed by atoms with Crippen LogP contribution in [0.1, 0.15) is 37.3 Å². The van der Waals surface area contributed by atoms with Crippen molar-refractivity contribution in [2.45, 2.75) is 37.5 Å². The van der Waals surface area contributed by atoms with E-state index in [1.807, 2.05) is 28.6 Å². The van der Waals surface area contributed by atoms with Crippen molar-refractivity contribution < 1.29 is 8.95 Å². The van der Waals surface area contributed by atoms with Crippen LogP contribution in [0.2, 0.25) is 0 Å². The van der Waals surface area contributed by atoms with Gasteiger partial charge in [-0.2, -0.15) is 0 Å². The number of aryl methyl sites for hydroxylation is 1. The molecule has 0 fully saturated rings. The molecular weight excluding hydrogens is 306 g/mol. The van der Waals surface area contributed by atoms with Gasteiger partial charge in [0.05, 0.1) is 17.7 Å². The molecule has 122 valence electrons. The van der Waals surface area contributed by atoms with Gasteiger partial charge < -0.3 is 4.74 Å². The number of rotatable bonds is 4. The normalized spacial score (nSPS) is 15.4. The van der Waals surface area contributed by atoms with E-state index in [2.05, 4.69) is 32.0 Å². The van der Waals surface area contributed by atoms with Crippen LogP contribution in [0.15, 0.2) is 47.4 Å². The highest BCUT2D eigenvalue weighted by Gasteiger charge is 2.23. The van der Waals surface area contributed by atoms with E-state index in [4.69, 9.17) is 4.74 Å². The van der Waals surface area contributed by atoms with Gasteiger partial charge in [0.2, 0.25) is 0 Å². The molecule has 2 aromatic carbocycles. The van der Waals surface area contributed by atoms with E-state index in [1.165, 1.54) is 11.1 Å². The summed E-state index contributed by atoms with van der Waals surface area (Å²) in [6.07, 6.45) is 2.02. The summed E-state index contributed by atoms with van der Waals surface area (Å²) in [6, 6.07) is 14.2. The van der Waals surface area contributed by atoms with Crippen molar-refractivity contribution in [3.63, 3.8) is 0 Å². The molecule has 0 saturated carbocycles. The standard InChI is InChI=1S/C19H23NO2S/c1-14(2)15-6-9-18(10-7-15)23(21)20-12-4-5-16-13-17(22-3)8-11-19(16)20/h6-11,13-14H,4-5,12H2,1-3H3. The van der Waals surface area contributed by atoms with E-state index in [1.54, 1.807) is 7.11 Å². The molecule has 0 aromatic heterocycles. The highest BCUT2D eigenvalue weighted by atomic mass is 32.2. The first-order chi connectivity index (χ1) is 11.1. The number of anilines is 1. The number of benzene rings is 2. The quantitative estimate of drug-likeness (QED) is 0.837. The number of ether oxygens (including phenoxy) is 1. The van der Waals surface area contributed by atoms with Gasteiger partial charge in [0, 0.05) is 6.54 Å². The van der Waals surface area contributed by atoms with E-state index in [-0.39, 0.29) is 0 Å². The average Bonchev–Trinajstić information content (AvgIpc) is 2.60. The molecular formula is C19H23NO2S. The van der Waals surface area contributed by atoms with E-state index >= 15 is 0 Å². The van der Waals surface area contributed by atoms with Crippen molar-refractivity contribution in [3.05, 3.63) is 53.6 Å². The average molecular weight is 329 g/mol. The zero-order chi connectivity index (χ0) is 16.4. The monoisotopic (exact) mass is 329 g/mol. The Labute approximate surface area is 140 Å². The van der Waals surface area contributed by atoms with Crippen LogP contribution in [0.4, 0.5) is 5.69 Å². The minimum Gasteiger partial charge on any atom is -0.497 e. The topological polar surface area (TPSA) is 29.5 Å². The van der Waals surface area contributed by atoms with Crippen LogP contribution in [0, 0.1) is 0 Å². The number of fused-ring (bicyclic) bond motifs is 1. The van der Waals surface area contributed by atoms with Crippen molar-refractivity contribution in [1.82, 2.24) is 0 Å². The Balaban J connectivity index is 1.89. The summed E-state index contributed by atoms with van der Waals surface area (Å²) in [7, 11) is 0.509. The number of hydrogen-bond donors (Lipinski definition) is 0. The van der Waals surface area contributed by atoms with Crippen LogP contribution in [-0.4, -0.2) is 17.9 Å². The third-order valence-electron chi connectivity index (χ3n) is 4.31. The molecule has 23 heavy (non-hydrogen) atoms. The van der Waals surface area contributed by atoms with Crippen LogP contribution >= 0.6 is 0 Å². The summed E-state index contributed by atoms with van der Waals surface area (Å²) in [6.45, 7) is 5.15. The van der Waals surface area contributed by atoms with Gasteiger partial charge in [0.15, 0.2) is 11.0 Å². The summed E-state index contributed by atoms with van der Waals surface area (Å²) in [4.78, 5) is 0.859. The van der Waals surface area contributed by atoms with Crippen molar-refractivity contribution in [2.24, 2.45) is 0 Å². The lowest BCUT2D eigenvalue weighted by Crippen LogP contribution is -2.31.